The zero-order chi connectivity index (χ0) is 20.6. The second-order valence-electron chi connectivity index (χ2n) is 7.93. The number of hydrogen-bond acceptors (Lipinski definition) is 6. The van der Waals surface area contributed by atoms with E-state index in [2.05, 4.69) is 0 Å². The molecule has 6 nitrogen and oxygen atoms in total. The maximum absolute atomic E-state index is 14.2. The van der Waals surface area contributed by atoms with Crippen LogP contribution in [0.3, 0.4) is 0 Å². The van der Waals surface area contributed by atoms with E-state index in [4.69, 9.17) is 18.9 Å². The molecule has 0 aromatic heterocycles. The van der Waals surface area contributed by atoms with Crippen LogP contribution in [0.4, 0.5) is 0 Å². The fraction of sp³-hybridized carbons (Fsp3) is 0.455. The number of hydrogen-bond donors (Lipinski definition) is 1. The first-order chi connectivity index (χ1) is 13.8. The van der Waals surface area contributed by atoms with Crippen molar-refractivity contribution in [2.75, 3.05) is 13.3 Å². The van der Waals surface area contributed by atoms with Crippen LogP contribution in [0, 0.1) is 0 Å². The lowest BCUT2D eigenvalue weighted by molar-refractivity contribution is -0.235. The van der Waals surface area contributed by atoms with Crippen LogP contribution in [0.5, 0.6) is 0 Å². The van der Waals surface area contributed by atoms with Gasteiger partial charge in [0.2, 0.25) is 0 Å². The number of fused-ring (bicyclic) bond motifs is 1. The molecular formula is C22H27O6P. The van der Waals surface area contributed by atoms with Crippen molar-refractivity contribution in [1.29, 1.82) is 0 Å². The lowest BCUT2D eigenvalue weighted by atomic mass is 10.1. The zero-order valence-electron chi connectivity index (χ0n) is 16.8. The van der Waals surface area contributed by atoms with E-state index >= 15 is 0 Å². The Morgan fingerprint density at radius 3 is 2.03 bits per heavy atom. The van der Waals surface area contributed by atoms with E-state index in [0.29, 0.717) is 10.6 Å². The van der Waals surface area contributed by atoms with Gasteiger partial charge < -0.3 is 28.6 Å². The van der Waals surface area contributed by atoms with E-state index in [1.165, 1.54) is 7.11 Å². The van der Waals surface area contributed by atoms with Gasteiger partial charge in [0, 0.05) is 23.9 Å². The molecule has 0 amide bonds. The quantitative estimate of drug-likeness (QED) is 0.726. The Kier molecular flexibility index (Phi) is 5.68. The van der Waals surface area contributed by atoms with Crippen LogP contribution in [0.15, 0.2) is 60.7 Å². The molecule has 2 aliphatic heterocycles. The minimum absolute atomic E-state index is 0.0368. The Hall–Kier alpha value is -1.53. The van der Waals surface area contributed by atoms with Crippen LogP contribution in [-0.4, -0.2) is 54.9 Å². The van der Waals surface area contributed by atoms with Crippen LogP contribution in [0.2, 0.25) is 0 Å². The maximum Gasteiger partial charge on any atom is 0.186 e. The average molecular weight is 418 g/mol. The maximum atomic E-state index is 14.2. The van der Waals surface area contributed by atoms with Crippen molar-refractivity contribution >= 4 is 17.8 Å². The Bertz CT molecular complexity index is 828. The summed E-state index contributed by atoms with van der Waals surface area (Å²) < 4.78 is 37.4. The normalized spacial score (nSPS) is 29.5. The first-order valence-corrected chi connectivity index (χ1v) is 11.7. The van der Waals surface area contributed by atoms with Crippen LogP contribution >= 0.6 is 7.14 Å². The molecule has 0 unspecified atom stereocenters. The van der Waals surface area contributed by atoms with Gasteiger partial charge in [0.25, 0.3) is 0 Å². The van der Waals surface area contributed by atoms with E-state index in [9.17, 15) is 9.67 Å². The summed E-state index contributed by atoms with van der Waals surface area (Å²) in [7, 11) is -1.56. The van der Waals surface area contributed by atoms with Crippen LogP contribution in [0.25, 0.3) is 0 Å². The number of aliphatic hydroxyl groups excluding tert-OH is 1. The molecule has 2 fully saturated rings. The summed E-state index contributed by atoms with van der Waals surface area (Å²) in [5, 5.41) is 12.6. The highest BCUT2D eigenvalue weighted by atomic mass is 31.2. The van der Waals surface area contributed by atoms with Gasteiger partial charge in [-0.15, -0.1) is 0 Å². The summed E-state index contributed by atoms with van der Waals surface area (Å²) in [6.07, 6.45) is -3.27. The second-order valence-corrected chi connectivity index (χ2v) is 10.8. The van der Waals surface area contributed by atoms with Gasteiger partial charge in [-0.1, -0.05) is 60.7 Å². The minimum atomic E-state index is -3.10. The van der Waals surface area contributed by atoms with Crippen LogP contribution in [0.1, 0.15) is 13.8 Å². The van der Waals surface area contributed by atoms with Crippen molar-refractivity contribution in [1.82, 2.24) is 0 Å². The molecule has 2 aromatic carbocycles. The Balaban J connectivity index is 1.64. The number of benzene rings is 2. The molecule has 5 atom stereocenters. The largest absolute Gasteiger partial charge is 0.390 e. The Morgan fingerprint density at radius 2 is 1.52 bits per heavy atom. The van der Waals surface area contributed by atoms with E-state index in [0.717, 1.165) is 0 Å². The van der Waals surface area contributed by atoms with Crippen molar-refractivity contribution in [3.63, 3.8) is 0 Å². The predicted molar refractivity (Wildman–Crippen MR) is 110 cm³/mol. The summed E-state index contributed by atoms with van der Waals surface area (Å²) >= 11 is 0. The summed E-state index contributed by atoms with van der Waals surface area (Å²) in [5.41, 5.74) is 0. The van der Waals surface area contributed by atoms with Gasteiger partial charge in [0.05, 0.1) is 6.10 Å². The molecule has 0 spiro atoms. The van der Waals surface area contributed by atoms with E-state index < -0.39 is 43.6 Å². The molecule has 0 bridgehead atoms. The fourth-order valence-electron chi connectivity index (χ4n) is 4.16. The van der Waals surface area contributed by atoms with Crippen molar-refractivity contribution in [3.05, 3.63) is 60.7 Å². The van der Waals surface area contributed by atoms with Gasteiger partial charge in [0.1, 0.15) is 25.5 Å². The predicted octanol–water partition coefficient (Wildman–Crippen LogP) is 2.25. The summed E-state index contributed by atoms with van der Waals surface area (Å²) in [6, 6.07) is 18.6. The molecule has 2 heterocycles. The topological polar surface area (TPSA) is 74.2 Å². The highest BCUT2D eigenvalue weighted by Gasteiger charge is 2.57. The van der Waals surface area contributed by atoms with E-state index in [1.807, 2.05) is 74.5 Å². The van der Waals surface area contributed by atoms with E-state index in [-0.39, 0.29) is 6.16 Å². The third kappa shape index (κ3) is 3.93. The molecule has 2 saturated heterocycles. The molecule has 7 heteroatoms. The average Bonchev–Trinajstić information content (AvgIpc) is 3.21. The molecular weight excluding hydrogens is 391 g/mol. The lowest BCUT2D eigenvalue weighted by Crippen LogP contribution is -2.41. The highest BCUT2D eigenvalue weighted by Crippen LogP contribution is 2.47. The van der Waals surface area contributed by atoms with Crippen molar-refractivity contribution in [2.45, 2.75) is 50.3 Å². The van der Waals surface area contributed by atoms with Crippen LogP contribution < -0.4 is 10.6 Å². The molecule has 4 rings (SSSR count). The SMILES string of the molecule is CO[C@H]1O[C@H]([C@@H](O)CP(=O)(c2ccccc2)c2ccccc2)[C@@H]2OC(C)(C)O[C@H]12. The molecule has 1 N–H and O–H groups in total. The van der Waals surface area contributed by atoms with Gasteiger partial charge in [-0.05, 0) is 13.8 Å². The zero-order valence-corrected chi connectivity index (χ0v) is 17.7. The standard InChI is InChI=1S/C22H27O6P/c1-22(2)27-19-18(26-21(25-3)20(19)28-22)17(23)14-29(24,15-10-6-4-7-11-15)16-12-8-5-9-13-16/h4-13,17-21,23H,14H2,1-3H3/t17-,18+,19-,20-,21-/m0/s1. The molecule has 0 saturated carbocycles. The number of rotatable bonds is 6. The smallest absolute Gasteiger partial charge is 0.186 e. The number of methoxy groups -OCH3 is 1. The first kappa shape index (κ1) is 20.7. The van der Waals surface area contributed by atoms with E-state index in [1.54, 1.807) is 0 Å². The molecule has 0 aliphatic carbocycles. The van der Waals surface area contributed by atoms with Gasteiger partial charge in [0.15, 0.2) is 12.1 Å². The second kappa shape index (κ2) is 7.95. The number of aliphatic hydroxyl groups is 1. The summed E-state index contributed by atoms with van der Waals surface area (Å²) in [5.74, 6) is -0.795. The third-order valence-corrected chi connectivity index (χ3v) is 8.60. The molecule has 156 valence electrons. The highest BCUT2D eigenvalue weighted by molar-refractivity contribution is 7.78. The monoisotopic (exact) mass is 418 g/mol. The Morgan fingerprint density at radius 1 is 1.00 bits per heavy atom. The molecule has 29 heavy (non-hydrogen) atoms. The van der Waals surface area contributed by atoms with Crippen molar-refractivity contribution < 1.29 is 28.6 Å². The van der Waals surface area contributed by atoms with Gasteiger partial charge in [-0.25, -0.2) is 0 Å². The van der Waals surface area contributed by atoms with Gasteiger partial charge >= 0.3 is 0 Å². The fourth-order valence-corrected chi connectivity index (χ4v) is 6.92. The molecule has 0 radical (unpaired) electrons. The first-order valence-electron chi connectivity index (χ1n) is 9.76. The van der Waals surface area contributed by atoms with Crippen molar-refractivity contribution in [2.24, 2.45) is 0 Å². The summed E-state index contributed by atoms with van der Waals surface area (Å²) in [6.45, 7) is 3.64. The lowest BCUT2D eigenvalue weighted by Gasteiger charge is -2.28. The Labute approximate surface area is 171 Å². The number of ether oxygens (including phenoxy) is 4. The van der Waals surface area contributed by atoms with Crippen molar-refractivity contribution in [3.8, 4) is 0 Å². The van der Waals surface area contributed by atoms with Gasteiger partial charge in [-0.3, -0.25) is 0 Å². The third-order valence-electron chi connectivity index (χ3n) is 5.45. The van der Waals surface area contributed by atoms with Gasteiger partial charge in [-0.2, -0.15) is 0 Å². The summed E-state index contributed by atoms with van der Waals surface area (Å²) in [4.78, 5) is 0. The molecule has 2 aromatic rings. The van der Waals surface area contributed by atoms with Crippen LogP contribution in [-0.2, 0) is 23.5 Å². The molecule has 2 aliphatic rings. The minimum Gasteiger partial charge on any atom is -0.390 e.